The Morgan fingerprint density at radius 1 is 0.311 bits per heavy atom. The van der Waals surface area contributed by atoms with Gasteiger partial charge in [0, 0.05) is 34.1 Å². The number of hydrogen-bond donors (Lipinski definition) is 0. The number of rotatable bonds is 8. The molecule has 0 aromatic heterocycles. The Kier molecular flexibility index (Phi) is 8.66. The van der Waals surface area contributed by atoms with Crippen LogP contribution in [0, 0.1) is 34.6 Å². The van der Waals surface area contributed by atoms with Crippen LogP contribution >= 0.6 is 0 Å². The quantitative estimate of drug-likeness (QED) is 0.164. The first-order chi connectivity index (χ1) is 21.8. The zero-order valence-electron chi connectivity index (χ0n) is 26.8. The predicted molar refractivity (Wildman–Crippen MR) is 195 cm³/mol. The first kappa shape index (κ1) is 29.7. The monoisotopic (exact) mass is 584 g/mol. The number of para-hydroxylation sites is 1. The van der Waals surface area contributed by atoms with E-state index in [0.29, 0.717) is 0 Å². The summed E-state index contributed by atoms with van der Waals surface area (Å²) in [5.74, 6) is 0. The third-order valence-corrected chi connectivity index (χ3v) is 7.97. The molecule has 0 spiro atoms. The van der Waals surface area contributed by atoms with Gasteiger partial charge in [0.15, 0.2) is 0 Å². The Morgan fingerprint density at radius 3 is 1.13 bits per heavy atom. The molecule has 0 fully saturated rings. The van der Waals surface area contributed by atoms with E-state index in [1.165, 1.54) is 39.2 Å². The Hall–Kier alpha value is -5.34. The van der Waals surface area contributed by atoms with Crippen LogP contribution < -0.4 is 9.80 Å². The van der Waals surface area contributed by atoms with Gasteiger partial charge in [-0.05, 0) is 146 Å². The molecule has 0 saturated carbocycles. The Morgan fingerprint density at radius 2 is 0.689 bits per heavy atom. The van der Waals surface area contributed by atoms with Crippen LogP contribution in [0.2, 0.25) is 0 Å². The molecule has 0 heterocycles. The van der Waals surface area contributed by atoms with Gasteiger partial charge in [-0.3, -0.25) is 0 Å². The molecular weight excluding hydrogens is 544 g/mol. The smallest absolute Gasteiger partial charge is 0.0466 e. The Bertz CT molecular complexity index is 1840. The van der Waals surface area contributed by atoms with Gasteiger partial charge >= 0.3 is 0 Å². The van der Waals surface area contributed by atoms with Gasteiger partial charge < -0.3 is 9.80 Å². The molecule has 0 radical (unpaired) electrons. The van der Waals surface area contributed by atoms with Gasteiger partial charge in [-0.25, -0.2) is 0 Å². The molecular formula is C43H40N2. The second-order valence-corrected chi connectivity index (χ2v) is 12.1. The highest BCUT2D eigenvalue weighted by molar-refractivity contribution is 5.80. The van der Waals surface area contributed by atoms with E-state index in [1.807, 2.05) is 0 Å². The molecule has 0 atom stereocenters. The zero-order valence-corrected chi connectivity index (χ0v) is 26.8. The first-order valence-electron chi connectivity index (χ1n) is 15.6. The normalized spacial score (nSPS) is 11.1. The van der Waals surface area contributed by atoms with Gasteiger partial charge in [-0.2, -0.15) is 0 Å². The SMILES string of the molecule is Cc1cccc(N(c2ccccc2)c2ccc(C=Cc3ccc(N(c4cc(C)cc(C)c4)c4cc(C)cc(C)c4)cc3)cc2)c1. The van der Waals surface area contributed by atoms with E-state index in [0.717, 1.165) is 33.9 Å². The number of nitrogens with zero attached hydrogens (tertiary/aromatic N) is 2. The second-order valence-electron chi connectivity index (χ2n) is 12.1. The van der Waals surface area contributed by atoms with Crippen LogP contribution in [-0.2, 0) is 0 Å². The van der Waals surface area contributed by atoms with Crippen molar-refractivity contribution in [1.29, 1.82) is 0 Å². The number of aryl methyl sites for hydroxylation is 5. The van der Waals surface area contributed by atoms with E-state index in [-0.39, 0.29) is 0 Å². The summed E-state index contributed by atoms with van der Waals surface area (Å²) in [6.45, 7) is 10.8. The lowest BCUT2D eigenvalue weighted by atomic mass is 10.1. The van der Waals surface area contributed by atoms with Crippen molar-refractivity contribution in [1.82, 2.24) is 0 Å². The third kappa shape index (κ3) is 7.08. The largest absolute Gasteiger partial charge is 0.310 e. The van der Waals surface area contributed by atoms with Crippen LogP contribution in [0.15, 0.2) is 140 Å². The minimum atomic E-state index is 1.13. The summed E-state index contributed by atoms with van der Waals surface area (Å²) in [7, 11) is 0. The number of benzene rings is 6. The molecule has 222 valence electrons. The lowest BCUT2D eigenvalue weighted by molar-refractivity contribution is 1.23. The molecule has 0 aliphatic rings. The maximum Gasteiger partial charge on any atom is 0.0466 e. The Labute approximate surface area is 268 Å². The molecule has 6 aromatic carbocycles. The fraction of sp³-hybridized carbons (Fsp3) is 0.116. The van der Waals surface area contributed by atoms with Crippen molar-refractivity contribution in [2.24, 2.45) is 0 Å². The van der Waals surface area contributed by atoms with Crippen molar-refractivity contribution in [2.45, 2.75) is 34.6 Å². The van der Waals surface area contributed by atoms with Crippen molar-refractivity contribution in [3.8, 4) is 0 Å². The van der Waals surface area contributed by atoms with E-state index in [2.05, 4.69) is 196 Å². The van der Waals surface area contributed by atoms with Gasteiger partial charge in [0.05, 0.1) is 0 Å². The van der Waals surface area contributed by atoms with Gasteiger partial charge in [0.1, 0.15) is 0 Å². The van der Waals surface area contributed by atoms with Crippen molar-refractivity contribution in [3.05, 3.63) is 178 Å². The fourth-order valence-corrected chi connectivity index (χ4v) is 6.06. The minimum absolute atomic E-state index is 1.13. The van der Waals surface area contributed by atoms with Crippen LogP contribution in [0.3, 0.4) is 0 Å². The van der Waals surface area contributed by atoms with Crippen LogP contribution in [0.5, 0.6) is 0 Å². The average molecular weight is 585 g/mol. The van der Waals surface area contributed by atoms with Crippen LogP contribution in [0.4, 0.5) is 34.1 Å². The van der Waals surface area contributed by atoms with Crippen LogP contribution in [-0.4, -0.2) is 0 Å². The van der Waals surface area contributed by atoms with E-state index < -0.39 is 0 Å². The fourth-order valence-electron chi connectivity index (χ4n) is 6.06. The molecule has 2 nitrogen and oxygen atoms in total. The van der Waals surface area contributed by atoms with E-state index in [9.17, 15) is 0 Å². The maximum atomic E-state index is 2.36. The summed E-state index contributed by atoms with van der Waals surface area (Å²) >= 11 is 0. The lowest BCUT2D eigenvalue weighted by Crippen LogP contribution is -2.11. The number of hydrogen-bond acceptors (Lipinski definition) is 2. The molecule has 0 amide bonds. The third-order valence-electron chi connectivity index (χ3n) is 7.97. The van der Waals surface area contributed by atoms with Gasteiger partial charge in [-0.1, -0.05) is 78.9 Å². The topological polar surface area (TPSA) is 6.48 Å². The highest BCUT2D eigenvalue weighted by atomic mass is 15.1. The molecule has 0 bridgehead atoms. The highest BCUT2D eigenvalue weighted by Crippen LogP contribution is 2.37. The second kappa shape index (κ2) is 13.1. The summed E-state index contributed by atoms with van der Waals surface area (Å²) < 4.78 is 0. The highest BCUT2D eigenvalue weighted by Gasteiger charge is 2.15. The van der Waals surface area contributed by atoms with E-state index >= 15 is 0 Å². The number of anilines is 6. The summed E-state index contributed by atoms with van der Waals surface area (Å²) in [6.07, 6.45) is 4.37. The molecule has 0 N–H and O–H groups in total. The molecule has 0 saturated heterocycles. The van der Waals surface area contributed by atoms with Crippen LogP contribution in [0.1, 0.15) is 38.9 Å². The van der Waals surface area contributed by atoms with E-state index in [4.69, 9.17) is 0 Å². The van der Waals surface area contributed by atoms with Crippen molar-refractivity contribution >= 4 is 46.3 Å². The molecule has 0 unspecified atom stereocenters. The summed E-state index contributed by atoms with van der Waals surface area (Å²) in [4.78, 5) is 4.66. The van der Waals surface area contributed by atoms with Crippen molar-refractivity contribution in [3.63, 3.8) is 0 Å². The lowest BCUT2D eigenvalue weighted by Gasteiger charge is -2.27. The standard InChI is InChI=1S/C43H40N2/c1-31-10-9-13-41(26-31)44(38-11-7-6-8-12-38)39-20-16-36(17-21-39)14-15-37-18-22-40(23-19-37)45(42-27-32(2)24-33(3)28-42)43-29-34(4)25-35(5)30-43/h6-30H,1-5H3. The van der Waals surface area contributed by atoms with Crippen molar-refractivity contribution in [2.75, 3.05) is 9.80 Å². The van der Waals surface area contributed by atoms with Gasteiger partial charge in [-0.15, -0.1) is 0 Å². The predicted octanol–water partition coefficient (Wildman–Crippen LogP) is 12.3. The zero-order chi connectivity index (χ0) is 31.3. The molecule has 0 aliphatic heterocycles. The molecule has 0 aliphatic carbocycles. The minimum Gasteiger partial charge on any atom is -0.310 e. The average Bonchev–Trinajstić information content (AvgIpc) is 3.01. The first-order valence-corrected chi connectivity index (χ1v) is 15.6. The van der Waals surface area contributed by atoms with Gasteiger partial charge in [0.25, 0.3) is 0 Å². The van der Waals surface area contributed by atoms with Crippen molar-refractivity contribution < 1.29 is 0 Å². The Balaban J connectivity index is 1.26. The van der Waals surface area contributed by atoms with E-state index in [1.54, 1.807) is 0 Å². The summed E-state index contributed by atoms with van der Waals surface area (Å²) in [6, 6.07) is 50.3. The summed E-state index contributed by atoms with van der Waals surface area (Å²) in [5.41, 5.74) is 15.5. The molecule has 2 heteroatoms. The van der Waals surface area contributed by atoms with Gasteiger partial charge in [0.2, 0.25) is 0 Å². The summed E-state index contributed by atoms with van der Waals surface area (Å²) in [5, 5.41) is 0. The molecule has 6 rings (SSSR count). The molecule has 6 aromatic rings. The molecule has 45 heavy (non-hydrogen) atoms. The van der Waals surface area contributed by atoms with Crippen LogP contribution in [0.25, 0.3) is 12.2 Å². The maximum absolute atomic E-state index is 2.36.